The third-order valence-electron chi connectivity index (χ3n) is 3.08. The Kier molecular flexibility index (Phi) is 4.68. The lowest BCUT2D eigenvalue weighted by Crippen LogP contribution is -2.15. The van der Waals surface area contributed by atoms with Gasteiger partial charge in [-0.3, -0.25) is 0 Å². The van der Waals surface area contributed by atoms with Crippen molar-refractivity contribution in [2.24, 2.45) is 11.7 Å². The second kappa shape index (κ2) is 6.48. The van der Waals surface area contributed by atoms with Crippen molar-refractivity contribution in [1.82, 2.24) is 10.1 Å². The predicted molar refractivity (Wildman–Crippen MR) is 74.8 cm³/mol. The van der Waals surface area contributed by atoms with Crippen LogP contribution in [-0.2, 0) is 6.42 Å². The molecule has 0 aliphatic heterocycles. The molecule has 2 aromatic rings. The highest BCUT2D eigenvalue weighted by atomic mass is 16.5. The molecular weight excluding hydrogens is 238 g/mol. The smallest absolute Gasteiger partial charge is 0.231 e. The summed E-state index contributed by atoms with van der Waals surface area (Å²) < 4.78 is 5.35. The Morgan fingerprint density at radius 3 is 2.58 bits per heavy atom. The molecule has 1 atom stereocenters. The third kappa shape index (κ3) is 3.89. The largest absolute Gasteiger partial charge is 0.339 e. The minimum atomic E-state index is 0.164. The molecule has 0 aliphatic rings. The Morgan fingerprint density at radius 2 is 1.95 bits per heavy atom. The lowest BCUT2D eigenvalue weighted by Gasteiger charge is -2.11. The van der Waals surface area contributed by atoms with E-state index in [1.807, 2.05) is 18.2 Å². The van der Waals surface area contributed by atoms with Crippen LogP contribution in [0.15, 0.2) is 34.9 Å². The van der Waals surface area contributed by atoms with Crippen LogP contribution in [0.4, 0.5) is 0 Å². The summed E-state index contributed by atoms with van der Waals surface area (Å²) in [6.45, 7) is 4.89. The maximum atomic E-state index is 5.79. The summed E-state index contributed by atoms with van der Waals surface area (Å²) in [5, 5.41) is 4.05. The number of rotatable bonds is 6. The second-order valence-corrected chi connectivity index (χ2v) is 5.27. The highest BCUT2D eigenvalue weighted by molar-refractivity contribution is 5.18. The molecule has 0 bridgehead atoms. The van der Waals surface area contributed by atoms with E-state index >= 15 is 0 Å². The van der Waals surface area contributed by atoms with Crippen LogP contribution in [0.25, 0.3) is 0 Å². The van der Waals surface area contributed by atoms with Crippen LogP contribution < -0.4 is 5.73 Å². The number of aromatic nitrogens is 2. The molecule has 0 saturated carbocycles. The first kappa shape index (κ1) is 13.7. The molecule has 102 valence electrons. The van der Waals surface area contributed by atoms with Gasteiger partial charge in [0.1, 0.15) is 0 Å². The van der Waals surface area contributed by atoms with E-state index < -0.39 is 0 Å². The van der Waals surface area contributed by atoms with Gasteiger partial charge in [-0.25, -0.2) is 0 Å². The van der Waals surface area contributed by atoms with Gasteiger partial charge < -0.3 is 10.3 Å². The minimum Gasteiger partial charge on any atom is -0.339 e. The lowest BCUT2D eigenvalue weighted by molar-refractivity contribution is 0.332. The van der Waals surface area contributed by atoms with Crippen molar-refractivity contribution in [2.45, 2.75) is 32.6 Å². The summed E-state index contributed by atoms with van der Waals surface area (Å²) in [4.78, 5) is 4.47. The molecule has 1 heterocycles. The highest BCUT2D eigenvalue weighted by Crippen LogP contribution is 2.21. The van der Waals surface area contributed by atoms with Gasteiger partial charge in [0.2, 0.25) is 5.89 Å². The number of hydrogen-bond donors (Lipinski definition) is 1. The molecule has 0 fully saturated rings. The normalized spacial score (nSPS) is 12.8. The summed E-state index contributed by atoms with van der Waals surface area (Å²) in [5.74, 6) is 2.13. The Hall–Kier alpha value is -1.68. The molecule has 0 saturated heterocycles. The van der Waals surface area contributed by atoms with E-state index in [1.165, 1.54) is 5.56 Å². The van der Waals surface area contributed by atoms with Crippen molar-refractivity contribution in [3.8, 4) is 0 Å². The first-order chi connectivity index (χ1) is 9.19. The van der Waals surface area contributed by atoms with Gasteiger partial charge in [0.15, 0.2) is 5.82 Å². The predicted octanol–water partition coefficient (Wildman–Crippen LogP) is 2.75. The van der Waals surface area contributed by atoms with Gasteiger partial charge in [0, 0.05) is 13.0 Å². The molecule has 19 heavy (non-hydrogen) atoms. The van der Waals surface area contributed by atoms with E-state index in [1.54, 1.807) is 0 Å². The molecule has 0 spiro atoms. The molecule has 1 unspecified atom stereocenters. The van der Waals surface area contributed by atoms with Gasteiger partial charge in [-0.05, 0) is 17.9 Å². The lowest BCUT2D eigenvalue weighted by atomic mass is 9.97. The zero-order valence-electron chi connectivity index (χ0n) is 11.5. The fourth-order valence-corrected chi connectivity index (χ4v) is 2.15. The zero-order valence-corrected chi connectivity index (χ0v) is 11.5. The summed E-state index contributed by atoms with van der Waals surface area (Å²) in [5.41, 5.74) is 6.97. The highest BCUT2D eigenvalue weighted by Gasteiger charge is 2.18. The van der Waals surface area contributed by atoms with Crippen LogP contribution >= 0.6 is 0 Å². The van der Waals surface area contributed by atoms with Gasteiger partial charge >= 0.3 is 0 Å². The van der Waals surface area contributed by atoms with Crippen molar-refractivity contribution in [2.75, 3.05) is 6.54 Å². The number of nitrogens with two attached hydrogens (primary N) is 1. The van der Waals surface area contributed by atoms with E-state index in [9.17, 15) is 0 Å². The first-order valence-corrected chi connectivity index (χ1v) is 6.75. The fourth-order valence-electron chi connectivity index (χ4n) is 2.15. The van der Waals surface area contributed by atoms with Gasteiger partial charge in [-0.15, -0.1) is 0 Å². The molecule has 1 aromatic carbocycles. The van der Waals surface area contributed by atoms with Gasteiger partial charge in [-0.1, -0.05) is 49.3 Å². The molecule has 4 nitrogen and oxygen atoms in total. The van der Waals surface area contributed by atoms with E-state index in [0.717, 1.165) is 12.2 Å². The quantitative estimate of drug-likeness (QED) is 0.866. The summed E-state index contributed by atoms with van der Waals surface area (Å²) >= 11 is 0. The zero-order chi connectivity index (χ0) is 13.7. The van der Waals surface area contributed by atoms with Crippen LogP contribution in [0.2, 0.25) is 0 Å². The molecule has 0 aliphatic carbocycles. The summed E-state index contributed by atoms with van der Waals surface area (Å²) in [7, 11) is 0. The maximum absolute atomic E-state index is 5.79. The standard InChI is InChI=1S/C15H21N3O/c1-11(2)8-13(10-16)15-17-14(18-19-15)9-12-6-4-3-5-7-12/h3-7,11,13H,8-10,16H2,1-2H3. The van der Waals surface area contributed by atoms with Crippen molar-refractivity contribution in [3.05, 3.63) is 47.6 Å². The Morgan fingerprint density at radius 1 is 1.21 bits per heavy atom. The number of benzene rings is 1. The van der Waals surface area contributed by atoms with E-state index in [-0.39, 0.29) is 5.92 Å². The molecule has 2 rings (SSSR count). The van der Waals surface area contributed by atoms with Gasteiger partial charge in [0.25, 0.3) is 0 Å². The Labute approximate surface area is 114 Å². The van der Waals surface area contributed by atoms with Crippen LogP contribution in [0, 0.1) is 5.92 Å². The first-order valence-electron chi connectivity index (χ1n) is 6.75. The molecule has 2 N–H and O–H groups in total. The fraction of sp³-hybridized carbons (Fsp3) is 0.467. The average molecular weight is 259 g/mol. The average Bonchev–Trinajstić information content (AvgIpc) is 2.85. The SMILES string of the molecule is CC(C)CC(CN)c1nc(Cc2ccccc2)no1. The third-order valence-corrected chi connectivity index (χ3v) is 3.08. The molecule has 1 aromatic heterocycles. The summed E-state index contributed by atoms with van der Waals surface area (Å²) in [6.07, 6.45) is 1.67. The monoisotopic (exact) mass is 259 g/mol. The second-order valence-electron chi connectivity index (χ2n) is 5.27. The van der Waals surface area contributed by atoms with Crippen LogP contribution in [0.3, 0.4) is 0 Å². The topological polar surface area (TPSA) is 64.9 Å². The van der Waals surface area contributed by atoms with Crippen molar-refractivity contribution < 1.29 is 4.52 Å². The summed E-state index contributed by atoms with van der Waals surface area (Å²) in [6, 6.07) is 10.1. The van der Waals surface area contributed by atoms with Gasteiger partial charge in [0.05, 0.1) is 5.92 Å². The Balaban J connectivity index is 2.06. The Bertz CT molecular complexity index is 493. The van der Waals surface area contributed by atoms with Crippen molar-refractivity contribution in [3.63, 3.8) is 0 Å². The molecule has 0 radical (unpaired) electrons. The van der Waals surface area contributed by atoms with E-state index in [0.29, 0.717) is 24.8 Å². The van der Waals surface area contributed by atoms with Crippen LogP contribution in [0.5, 0.6) is 0 Å². The van der Waals surface area contributed by atoms with Crippen LogP contribution in [0.1, 0.15) is 43.5 Å². The van der Waals surface area contributed by atoms with Gasteiger partial charge in [-0.2, -0.15) is 4.98 Å². The van der Waals surface area contributed by atoms with Crippen molar-refractivity contribution in [1.29, 1.82) is 0 Å². The molecule has 0 amide bonds. The molecular formula is C15H21N3O. The van der Waals surface area contributed by atoms with E-state index in [2.05, 4.69) is 36.1 Å². The van der Waals surface area contributed by atoms with Crippen molar-refractivity contribution >= 4 is 0 Å². The minimum absolute atomic E-state index is 0.164. The van der Waals surface area contributed by atoms with E-state index in [4.69, 9.17) is 10.3 Å². The molecule has 4 heteroatoms. The number of hydrogen-bond acceptors (Lipinski definition) is 4. The number of nitrogens with zero attached hydrogens (tertiary/aromatic N) is 2. The maximum Gasteiger partial charge on any atom is 0.231 e. The van der Waals surface area contributed by atoms with Crippen LogP contribution in [-0.4, -0.2) is 16.7 Å².